The third-order valence-electron chi connectivity index (χ3n) is 4.82. The van der Waals surface area contributed by atoms with Crippen LogP contribution in [-0.2, 0) is 10.5 Å². The fourth-order valence-electron chi connectivity index (χ4n) is 3.04. The number of aryl methyl sites for hydroxylation is 2. The Hall–Kier alpha value is -2.23. The van der Waals surface area contributed by atoms with E-state index in [-0.39, 0.29) is 16.7 Å². The number of benzene rings is 1. The minimum Gasteiger partial charge on any atom is -0.486 e. The smallest absolute Gasteiger partial charge is 0.259 e. The molecular weight excluding hydrogens is 446 g/mol. The first-order valence-electron chi connectivity index (χ1n) is 9.34. The number of H-pyrrole nitrogens is 1. The van der Waals surface area contributed by atoms with E-state index in [1.54, 1.807) is 19.1 Å². The summed E-state index contributed by atoms with van der Waals surface area (Å²) in [5.74, 6) is 1.87. The van der Waals surface area contributed by atoms with Crippen molar-refractivity contribution in [2.45, 2.75) is 31.8 Å². The summed E-state index contributed by atoms with van der Waals surface area (Å²) in [6, 6.07) is 3.30. The van der Waals surface area contributed by atoms with E-state index in [9.17, 15) is 9.59 Å². The van der Waals surface area contributed by atoms with Crippen LogP contribution < -0.4 is 20.3 Å². The number of aromatic amines is 1. The Morgan fingerprint density at radius 2 is 2.03 bits per heavy atom. The molecule has 2 aromatic heterocycles. The Morgan fingerprint density at radius 3 is 2.77 bits per heavy atom. The molecule has 0 spiro atoms. The van der Waals surface area contributed by atoms with Gasteiger partial charge in [-0.3, -0.25) is 9.59 Å². The van der Waals surface area contributed by atoms with E-state index >= 15 is 0 Å². The van der Waals surface area contributed by atoms with Gasteiger partial charge < -0.3 is 19.8 Å². The number of nitrogens with zero attached hydrogens (tertiary/aromatic N) is 1. The number of carbonyl (C=O) groups is 1. The van der Waals surface area contributed by atoms with Gasteiger partial charge in [-0.05, 0) is 26.3 Å². The number of carbonyl (C=O) groups excluding carboxylic acids is 1. The van der Waals surface area contributed by atoms with Gasteiger partial charge in [0.2, 0.25) is 5.91 Å². The van der Waals surface area contributed by atoms with Crippen molar-refractivity contribution in [2.24, 2.45) is 0 Å². The quantitative estimate of drug-likeness (QED) is 0.584. The number of halogens is 1. The van der Waals surface area contributed by atoms with Crippen LogP contribution in [0.2, 0.25) is 5.02 Å². The highest BCUT2D eigenvalue weighted by Crippen LogP contribution is 2.38. The standard InChI is InChI=1S/C20H20ClN3O4S2/c1-9-10(2)30-20-17(9)19(26)23-16(24-20)8-29-11(3)18(25)22-13-7-15-14(6-12(13)21)27-4-5-28-15/h6-7,11H,4-5,8H2,1-3H3,(H,22,25)(H,23,24,26). The summed E-state index contributed by atoms with van der Waals surface area (Å²) in [6.45, 7) is 6.62. The number of thiophene rings is 1. The van der Waals surface area contributed by atoms with Gasteiger partial charge in [0.25, 0.3) is 5.56 Å². The molecule has 3 aromatic rings. The molecule has 10 heteroatoms. The summed E-state index contributed by atoms with van der Waals surface area (Å²) < 4.78 is 11.0. The van der Waals surface area contributed by atoms with Gasteiger partial charge in [0.05, 0.1) is 27.1 Å². The van der Waals surface area contributed by atoms with Crippen molar-refractivity contribution < 1.29 is 14.3 Å². The predicted molar refractivity (Wildman–Crippen MR) is 122 cm³/mol. The second-order valence-corrected chi connectivity index (χ2v) is 9.83. The Kier molecular flexibility index (Phi) is 5.95. The Labute approximate surface area is 186 Å². The Bertz CT molecular complexity index is 1190. The lowest BCUT2D eigenvalue weighted by atomic mass is 10.2. The second-order valence-electron chi connectivity index (χ2n) is 6.89. The number of hydrogen-bond donors (Lipinski definition) is 2. The summed E-state index contributed by atoms with van der Waals surface area (Å²) in [5.41, 5.74) is 1.29. The largest absolute Gasteiger partial charge is 0.486 e. The van der Waals surface area contributed by atoms with Crippen LogP contribution in [0.3, 0.4) is 0 Å². The number of fused-ring (bicyclic) bond motifs is 2. The molecular formula is C20H20ClN3O4S2. The minimum absolute atomic E-state index is 0.141. The van der Waals surface area contributed by atoms with Gasteiger partial charge in [-0.1, -0.05) is 11.6 Å². The second kappa shape index (κ2) is 8.49. The number of rotatable bonds is 5. The van der Waals surface area contributed by atoms with Crippen LogP contribution in [0, 0.1) is 13.8 Å². The highest BCUT2D eigenvalue weighted by molar-refractivity contribution is 7.99. The van der Waals surface area contributed by atoms with Gasteiger partial charge in [0, 0.05) is 17.0 Å². The molecule has 0 saturated heterocycles. The molecule has 3 heterocycles. The van der Waals surface area contributed by atoms with Crippen molar-refractivity contribution >= 4 is 56.5 Å². The number of aromatic nitrogens is 2. The molecule has 1 aliphatic heterocycles. The fraction of sp³-hybridized carbons (Fsp3) is 0.350. The van der Waals surface area contributed by atoms with Crippen molar-refractivity contribution in [1.29, 1.82) is 0 Å². The first-order chi connectivity index (χ1) is 14.3. The van der Waals surface area contributed by atoms with Crippen LogP contribution in [0.15, 0.2) is 16.9 Å². The first kappa shape index (κ1) is 21.0. The lowest BCUT2D eigenvalue weighted by molar-refractivity contribution is -0.115. The van der Waals surface area contributed by atoms with Crippen molar-refractivity contribution in [2.75, 3.05) is 18.5 Å². The number of thioether (sulfide) groups is 1. The lowest BCUT2D eigenvalue weighted by Gasteiger charge is -2.20. The summed E-state index contributed by atoms with van der Waals surface area (Å²) >= 11 is 9.15. The summed E-state index contributed by atoms with van der Waals surface area (Å²) in [6.07, 6.45) is 0. The van der Waals surface area contributed by atoms with Gasteiger partial charge in [0.15, 0.2) is 11.5 Å². The summed E-state index contributed by atoms with van der Waals surface area (Å²) in [5, 5.41) is 3.47. The highest BCUT2D eigenvalue weighted by Gasteiger charge is 2.20. The van der Waals surface area contributed by atoms with Crippen LogP contribution in [0.25, 0.3) is 10.2 Å². The number of hydrogen-bond acceptors (Lipinski definition) is 7. The van der Waals surface area contributed by atoms with Crippen LogP contribution in [0.5, 0.6) is 11.5 Å². The molecule has 0 bridgehead atoms. The zero-order valence-electron chi connectivity index (χ0n) is 16.6. The maximum absolute atomic E-state index is 12.6. The van der Waals surface area contributed by atoms with Crippen LogP contribution in [0.4, 0.5) is 5.69 Å². The number of anilines is 1. The molecule has 0 radical (unpaired) electrons. The van der Waals surface area contributed by atoms with E-state index in [4.69, 9.17) is 21.1 Å². The molecule has 158 valence electrons. The fourth-order valence-corrected chi connectivity index (χ4v) is 5.05. The molecule has 4 rings (SSSR count). The molecule has 1 atom stereocenters. The van der Waals surface area contributed by atoms with Crippen molar-refractivity contribution in [3.8, 4) is 11.5 Å². The van der Waals surface area contributed by atoms with Crippen molar-refractivity contribution in [3.05, 3.63) is 43.8 Å². The zero-order valence-corrected chi connectivity index (χ0v) is 19.0. The van der Waals surface area contributed by atoms with Crippen LogP contribution in [-0.4, -0.2) is 34.3 Å². The topological polar surface area (TPSA) is 93.3 Å². The maximum Gasteiger partial charge on any atom is 0.259 e. The normalized spacial score (nSPS) is 14.0. The summed E-state index contributed by atoms with van der Waals surface area (Å²) in [7, 11) is 0. The van der Waals surface area contributed by atoms with Gasteiger partial charge in [-0.25, -0.2) is 4.98 Å². The molecule has 2 N–H and O–H groups in total. The van der Waals surface area contributed by atoms with Gasteiger partial charge in [-0.15, -0.1) is 23.1 Å². The van der Waals surface area contributed by atoms with Gasteiger partial charge >= 0.3 is 0 Å². The lowest BCUT2D eigenvalue weighted by Crippen LogP contribution is -2.23. The van der Waals surface area contributed by atoms with Crippen LogP contribution in [0.1, 0.15) is 23.2 Å². The minimum atomic E-state index is -0.387. The molecule has 1 aromatic carbocycles. The molecule has 7 nitrogen and oxygen atoms in total. The molecule has 1 aliphatic rings. The number of nitrogens with one attached hydrogen (secondary N) is 2. The average molecular weight is 466 g/mol. The van der Waals surface area contributed by atoms with Crippen molar-refractivity contribution in [1.82, 2.24) is 9.97 Å². The molecule has 1 amide bonds. The monoisotopic (exact) mass is 465 g/mol. The van der Waals surface area contributed by atoms with E-state index in [1.165, 1.54) is 23.1 Å². The Balaban J connectivity index is 1.43. The maximum atomic E-state index is 12.6. The highest BCUT2D eigenvalue weighted by atomic mass is 35.5. The summed E-state index contributed by atoms with van der Waals surface area (Å²) in [4.78, 5) is 34.2. The van der Waals surface area contributed by atoms with Gasteiger partial charge in [-0.2, -0.15) is 0 Å². The SMILES string of the molecule is Cc1sc2nc(CSC(C)C(=O)Nc3cc4c(cc3Cl)OCCO4)[nH]c(=O)c2c1C. The molecule has 0 saturated carbocycles. The molecule has 0 aliphatic carbocycles. The van der Waals surface area contributed by atoms with Gasteiger partial charge in [0.1, 0.15) is 23.9 Å². The van der Waals surface area contributed by atoms with E-state index in [0.717, 1.165) is 15.3 Å². The average Bonchev–Trinajstić information content (AvgIpc) is 3.00. The molecule has 0 fully saturated rings. The molecule has 30 heavy (non-hydrogen) atoms. The first-order valence-corrected chi connectivity index (χ1v) is 11.6. The number of amides is 1. The van der Waals surface area contributed by atoms with E-state index in [1.807, 2.05) is 13.8 Å². The zero-order chi connectivity index (χ0) is 21.4. The predicted octanol–water partition coefficient (Wildman–Crippen LogP) is 4.29. The third kappa shape index (κ3) is 4.14. The Morgan fingerprint density at radius 1 is 1.33 bits per heavy atom. The van der Waals surface area contributed by atoms with E-state index in [2.05, 4.69) is 15.3 Å². The molecule has 1 unspecified atom stereocenters. The third-order valence-corrected chi connectivity index (χ3v) is 7.39. The van der Waals surface area contributed by atoms with E-state index < -0.39 is 0 Å². The van der Waals surface area contributed by atoms with Crippen LogP contribution >= 0.6 is 34.7 Å². The van der Waals surface area contributed by atoms with E-state index in [0.29, 0.717) is 52.4 Å². The number of ether oxygens (including phenoxy) is 2. The van der Waals surface area contributed by atoms with Crippen molar-refractivity contribution in [3.63, 3.8) is 0 Å².